The predicted molar refractivity (Wildman–Crippen MR) is 90.5 cm³/mol. The lowest BCUT2D eigenvalue weighted by Gasteiger charge is -2.17. The molecule has 0 radical (unpaired) electrons. The highest BCUT2D eigenvalue weighted by Gasteiger charge is 2.23. The molecule has 122 valence electrons. The number of esters is 1. The largest absolute Gasteiger partial charge is 0.459 e. The molecule has 0 heterocycles. The van der Waals surface area contributed by atoms with Crippen LogP contribution < -0.4 is 4.90 Å². The maximum atomic E-state index is 12.3. The van der Waals surface area contributed by atoms with Gasteiger partial charge in [-0.2, -0.15) is 0 Å². The van der Waals surface area contributed by atoms with Crippen molar-refractivity contribution in [1.82, 2.24) is 0 Å². The average Bonchev–Trinajstić information content (AvgIpc) is 2.63. The van der Waals surface area contributed by atoms with E-state index in [0.29, 0.717) is 11.3 Å². The topological polar surface area (TPSA) is 63.7 Å². The van der Waals surface area contributed by atoms with Crippen LogP contribution in [0.2, 0.25) is 0 Å². The molecule has 5 heteroatoms. The summed E-state index contributed by atoms with van der Waals surface area (Å²) in [6.07, 6.45) is 2.53. The zero-order valence-electron chi connectivity index (χ0n) is 13.2. The summed E-state index contributed by atoms with van der Waals surface area (Å²) in [6, 6.07) is 17.2. The normalized spacial score (nSPS) is 10.4. The van der Waals surface area contributed by atoms with Crippen LogP contribution in [0.25, 0.3) is 0 Å². The number of amides is 1. The number of benzene rings is 2. The van der Waals surface area contributed by atoms with Crippen LogP contribution in [-0.4, -0.2) is 24.3 Å². The van der Waals surface area contributed by atoms with Crippen molar-refractivity contribution in [2.24, 2.45) is 0 Å². The van der Waals surface area contributed by atoms with Gasteiger partial charge in [-0.3, -0.25) is 14.5 Å². The molecule has 2 aromatic carbocycles. The van der Waals surface area contributed by atoms with Gasteiger partial charge in [0.1, 0.15) is 0 Å². The van der Waals surface area contributed by atoms with Gasteiger partial charge in [0, 0.05) is 23.5 Å². The van der Waals surface area contributed by atoms with Crippen molar-refractivity contribution in [2.45, 2.75) is 6.92 Å². The maximum Gasteiger partial charge on any atom is 0.397 e. The first-order valence-corrected chi connectivity index (χ1v) is 7.46. The van der Waals surface area contributed by atoms with Crippen molar-refractivity contribution in [3.8, 4) is 0 Å². The Hall–Kier alpha value is -3.21. The number of allylic oxidation sites excluding steroid dienone is 1. The summed E-state index contributed by atoms with van der Waals surface area (Å²) in [5.74, 6) is -2.11. The zero-order valence-corrected chi connectivity index (χ0v) is 13.2. The number of rotatable bonds is 5. The minimum atomic E-state index is -0.974. The van der Waals surface area contributed by atoms with Crippen molar-refractivity contribution in [2.75, 3.05) is 11.5 Å². The Kier molecular flexibility index (Phi) is 6.02. The third-order valence-corrected chi connectivity index (χ3v) is 3.14. The fourth-order valence-corrected chi connectivity index (χ4v) is 1.99. The summed E-state index contributed by atoms with van der Waals surface area (Å²) in [7, 11) is 0. The first-order valence-electron chi connectivity index (χ1n) is 7.46. The second kappa shape index (κ2) is 8.43. The van der Waals surface area contributed by atoms with E-state index in [-0.39, 0.29) is 12.4 Å². The number of ether oxygens (including phenoxy) is 1. The molecule has 0 aliphatic rings. The van der Waals surface area contributed by atoms with Gasteiger partial charge in [0.15, 0.2) is 5.78 Å². The summed E-state index contributed by atoms with van der Waals surface area (Å²) in [4.78, 5) is 37.3. The van der Waals surface area contributed by atoms with Gasteiger partial charge in [-0.1, -0.05) is 48.5 Å². The minimum absolute atomic E-state index is 0.0971. The van der Waals surface area contributed by atoms with E-state index in [4.69, 9.17) is 4.74 Å². The second-order valence-electron chi connectivity index (χ2n) is 4.78. The third kappa shape index (κ3) is 4.39. The van der Waals surface area contributed by atoms with Gasteiger partial charge in [0.2, 0.25) is 0 Å². The molecule has 0 N–H and O–H groups in total. The van der Waals surface area contributed by atoms with Crippen molar-refractivity contribution in [3.05, 3.63) is 78.5 Å². The van der Waals surface area contributed by atoms with Crippen LogP contribution in [0.3, 0.4) is 0 Å². The number of nitrogens with zero attached hydrogens (tertiary/aromatic N) is 1. The summed E-state index contributed by atoms with van der Waals surface area (Å²) in [5, 5.41) is 0. The highest BCUT2D eigenvalue weighted by atomic mass is 16.5. The Labute approximate surface area is 140 Å². The van der Waals surface area contributed by atoms with Gasteiger partial charge >= 0.3 is 11.9 Å². The number of ketones is 1. The van der Waals surface area contributed by atoms with Crippen molar-refractivity contribution in [3.63, 3.8) is 0 Å². The highest BCUT2D eigenvalue weighted by Crippen LogP contribution is 2.15. The number of anilines is 1. The van der Waals surface area contributed by atoms with Gasteiger partial charge in [-0.05, 0) is 19.1 Å². The minimum Gasteiger partial charge on any atom is -0.459 e. The molecule has 0 aromatic heterocycles. The third-order valence-electron chi connectivity index (χ3n) is 3.14. The van der Waals surface area contributed by atoms with Crippen LogP contribution in [-0.2, 0) is 14.3 Å². The van der Waals surface area contributed by atoms with Crippen LogP contribution >= 0.6 is 0 Å². The molecular formula is C19H17NO4. The van der Waals surface area contributed by atoms with Crippen LogP contribution in [0.1, 0.15) is 17.3 Å². The van der Waals surface area contributed by atoms with Crippen LogP contribution in [0.5, 0.6) is 0 Å². The number of hydrogen-bond acceptors (Lipinski definition) is 4. The lowest BCUT2D eigenvalue weighted by Crippen LogP contribution is -2.34. The van der Waals surface area contributed by atoms with Gasteiger partial charge in [0.25, 0.3) is 0 Å². The molecule has 0 fully saturated rings. The average molecular weight is 323 g/mol. The van der Waals surface area contributed by atoms with E-state index < -0.39 is 11.9 Å². The predicted octanol–water partition coefficient (Wildman–Crippen LogP) is 2.98. The molecule has 0 saturated heterocycles. The molecule has 2 aromatic rings. The molecule has 5 nitrogen and oxygen atoms in total. The molecule has 1 amide bonds. The number of para-hydroxylation sites is 1. The Morgan fingerprint density at radius 1 is 0.958 bits per heavy atom. The van der Waals surface area contributed by atoms with Crippen LogP contribution in [0, 0.1) is 0 Å². The van der Waals surface area contributed by atoms with E-state index in [1.54, 1.807) is 67.6 Å². The second-order valence-corrected chi connectivity index (χ2v) is 4.78. The van der Waals surface area contributed by atoms with E-state index in [1.165, 1.54) is 12.3 Å². The zero-order chi connectivity index (χ0) is 17.4. The van der Waals surface area contributed by atoms with Crippen molar-refractivity contribution >= 4 is 23.3 Å². The molecule has 0 spiro atoms. The fraction of sp³-hybridized carbons (Fsp3) is 0.105. The molecule has 0 aliphatic heterocycles. The standard InChI is InChI=1S/C19H17NO4/c1-2-24-19(23)18(22)20(16-11-7-4-8-12-16)14-13-17(21)15-9-5-3-6-10-15/h3-14H,2H2,1H3/b14-13+. The van der Waals surface area contributed by atoms with Gasteiger partial charge in [0.05, 0.1) is 6.61 Å². The molecule has 0 saturated carbocycles. The quantitative estimate of drug-likeness (QED) is 0.367. The Balaban J connectivity index is 2.26. The maximum absolute atomic E-state index is 12.3. The van der Waals surface area contributed by atoms with Crippen molar-refractivity contribution in [1.29, 1.82) is 0 Å². The fourth-order valence-electron chi connectivity index (χ4n) is 1.99. The van der Waals surface area contributed by atoms with Gasteiger partial charge < -0.3 is 4.74 Å². The van der Waals surface area contributed by atoms with E-state index >= 15 is 0 Å². The van der Waals surface area contributed by atoms with E-state index in [2.05, 4.69) is 0 Å². The van der Waals surface area contributed by atoms with Crippen LogP contribution in [0.15, 0.2) is 72.9 Å². The Bertz CT molecular complexity index is 738. The van der Waals surface area contributed by atoms with E-state index in [9.17, 15) is 14.4 Å². The molecular weight excluding hydrogens is 306 g/mol. The van der Waals surface area contributed by atoms with Crippen molar-refractivity contribution < 1.29 is 19.1 Å². The number of carbonyl (C=O) groups is 3. The lowest BCUT2D eigenvalue weighted by molar-refractivity contribution is -0.153. The molecule has 0 bridgehead atoms. The summed E-state index contributed by atoms with van der Waals surface area (Å²) in [6.45, 7) is 1.71. The summed E-state index contributed by atoms with van der Waals surface area (Å²) >= 11 is 0. The number of carbonyl (C=O) groups excluding carboxylic acids is 3. The number of hydrogen-bond donors (Lipinski definition) is 0. The summed E-state index contributed by atoms with van der Waals surface area (Å²) in [5.41, 5.74) is 0.956. The molecule has 2 rings (SSSR count). The molecule has 0 atom stereocenters. The molecule has 0 unspecified atom stereocenters. The first-order chi connectivity index (χ1) is 11.6. The molecule has 24 heavy (non-hydrogen) atoms. The first kappa shape index (κ1) is 17.1. The lowest BCUT2D eigenvalue weighted by atomic mass is 10.1. The monoisotopic (exact) mass is 323 g/mol. The van der Waals surface area contributed by atoms with Gasteiger partial charge in [-0.15, -0.1) is 0 Å². The van der Waals surface area contributed by atoms with E-state index in [1.807, 2.05) is 0 Å². The smallest absolute Gasteiger partial charge is 0.397 e. The highest BCUT2D eigenvalue weighted by molar-refractivity contribution is 6.38. The Morgan fingerprint density at radius 3 is 2.12 bits per heavy atom. The molecule has 0 aliphatic carbocycles. The van der Waals surface area contributed by atoms with Gasteiger partial charge in [-0.25, -0.2) is 4.79 Å². The van der Waals surface area contributed by atoms with E-state index in [0.717, 1.165) is 4.90 Å². The summed E-state index contributed by atoms with van der Waals surface area (Å²) < 4.78 is 4.75. The SMILES string of the molecule is CCOC(=O)C(=O)N(/C=C/C(=O)c1ccccc1)c1ccccc1. The van der Waals surface area contributed by atoms with Crippen LogP contribution in [0.4, 0.5) is 5.69 Å². The Morgan fingerprint density at radius 2 is 1.54 bits per heavy atom.